The normalized spacial score (nSPS) is 18.8. The molecule has 1 aromatic heterocycles. The maximum atomic E-state index is 12.1. The standard InChI is InChI=1S/C12H20N6O2/c1-3-14-11(19)9-7-20-5-4-18(9)10-8(2)6-15-12(16-10)17-13/h6,9H,3-5,7,13H2,1-2H3,(H,14,19)(H,15,16,17). The van der Waals surface area contributed by atoms with Crippen LogP contribution in [0.2, 0.25) is 0 Å². The Hall–Kier alpha value is -1.93. The van der Waals surface area contributed by atoms with Crippen LogP contribution in [-0.2, 0) is 9.53 Å². The molecule has 4 N–H and O–H groups in total. The Morgan fingerprint density at radius 2 is 2.45 bits per heavy atom. The van der Waals surface area contributed by atoms with Gasteiger partial charge in [-0.2, -0.15) is 4.98 Å². The fraction of sp³-hybridized carbons (Fsp3) is 0.583. The zero-order valence-electron chi connectivity index (χ0n) is 11.7. The SMILES string of the molecule is CCNC(=O)C1COCCN1c1nc(NN)ncc1C. The number of ether oxygens (including phenoxy) is 1. The number of nitrogens with two attached hydrogens (primary N) is 1. The first-order valence-electron chi connectivity index (χ1n) is 6.59. The van der Waals surface area contributed by atoms with Gasteiger partial charge in [0.1, 0.15) is 11.9 Å². The Labute approximate surface area is 117 Å². The van der Waals surface area contributed by atoms with Crippen molar-refractivity contribution in [2.24, 2.45) is 5.84 Å². The second-order valence-corrected chi connectivity index (χ2v) is 4.52. The number of nitrogen functional groups attached to an aromatic ring is 1. The van der Waals surface area contributed by atoms with Gasteiger partial charge in [-0.05, 0) is 13.8 Å². The first kappa shape index (κ1) is 14.5. The summed E-state index contributed by atoms with van der Waals surface area (Å²) in [6.45, 7) is 5.88. The Morgan fingerprint density at radius 1 is 1.65 bits per heavy atom. The lowest BCUT2D eigenvalue weighted by molar-refractivity contribution is -0.124. The zero-order chi connectivity index (χ0) is 14.5. The Kier molecular flexibility index (Phi) is 4.70. The molecule has 2 rings (SSSR count). The molecule has 1 unspecified atom stereocenters. The number of aromatic nitrogens is 2. The van der Waals surface area contributed by atoms with Crippen LogP contribution in [-0.4, -0.2) is 48.2 Å². The molecule has 8 nitrogen and oxygen atoms in total. The van der Waals surface area contributed by atoms with E-state index in [1.165, 1.54) is 0 Å². The minimum atomic E-state index is -0.386. The van der Waals surface area contributed by atoms with E-state index >= 15 is 0 Å². The molecule has 110 valence electrons. The van der Waals surface area contributed by atoms with Gasteiger partial charge in [-0.3, -0.25) is 10.2 Å². The highest BCUT2D eigenvalue weighted by atomic mass is 16.5. The summed E-state index contributed by atoms with van der Waals surface area (Å²) in [6, 6.07) is -0.386. The summed E-state index contributed by atoms with van der Waals surface area (Å²) >= 11 is 0. The van der Waals surface area contributed by atoms with E-state index in [1.807, 2.05) is 18.7 Å². The number of hydrogen-bond donors (Lipinski definition) is 3. The molecule has 1 aliphatic heterocycles. The lowest BCUT2D eigenvalue weighted by atomic mass is 10.2. The van der Waals surface area contributed by atoms with Gasteiger partial charge in [0.15, 0.2) is 0 Å². The van der Waals surface area contributed by atoms with Gasteiger partial charge in [-0.1, -0.05) is 0 Å². The maximum Gasteiger partial charge on any atom is 0.245 e. The van der Waals surface area contributed by atoms with Crippen molar-refractivity contribution in [1.29, 1.82) is 0 Å². The van der Waals surface area contributed by atoms with Crippen LogP contribution in [0.3, 0.4) is 0 Å². The predicted molar refractivity (Wildman–Crippen MR) is 75.2 cm³/mol. The molecule has 1 fully saturated rings. The van der Waals surface area contributed by atoms with Gasteiger partial charge in [-0.25, -0.2) is 10.8 Å². The summed E-state index contributed by atoms with van der Waals surface area (Å²) in [5.41, 5.74) is 3.31. The highest BCUT2D eigenvalue weighted by Gasteiger charge is 2.31. The van der Waals surface area contributed by atoms with Gasteiger partial charge in [0.05, 0.1) is 13.2 Å². The number of hydrazine groups is 1. The highest BCUT2D eigenvalue weighted by molar-refractivity contribution is 5.85. The van der Waals surface area contributed by atoms with Crippen molar-refractivity contribution in [2.75, 3.05) is 36.6 Å². The predicted octanol–water partition coefficient (Wildman–Crippen LogP) is -0.588. The summed E-state index contributed by atoms with van der Waals surface area (Å²) in [5, 5.41) is 2.82. The van der Waals surface area contributed by atoms with Crippen LogP contribution < -0.4 is 21.5 Å². The number of hydrogen-bond acceptors (Lipinski definition) is 7. The van der Waals surface area contributed by atoms with Crippen molar-refractivity contribution in [1.82, 2.24) is 15.3 Å². The van der Waals surface area contributed by atoms with Crippen LogP contribution in [0.4, 0.5) is 11.8 Å². The number of amides is 1. The number of nitrogens with zero attached hydrogens (tertiary/aromatic N) is 3. The monoisotopic (exact) mass is 280 g/mol. The lowest BCUT2D eigenvalue weighted by Gasteiger charge is -2.36. The summed E-state index contributed by atoms with van der Waals surface area (Å²) in [5.74, 6) is 6.31. The third-order valence-electron chi connectivity index (χ3n) is 3.13. The maximum absolute atomic E-state index is 12.1. The number of nitrogens with one attached hydrogen (secondary N) is 2. The van der Waals surface area contributed by atoms with Crippen LogP contribution in [0.25, 0.3) is 0 Å². The average molecular weight is 280 g/mol. The van der Waals surface area contributed by atoms with E-state index in [0.29, 0.717) is 38.1 Å². The quantitative estimate of drug-likeness (QED) is 0.500. The van der Waals surface area contributed by atoms with E-state index in [1.54, 1.807) is 6.20 Å². The molecule has 0 spiro atoms. The first-order valence-corrected chi connectivity index (χ1v) is 6.59. The van der Waals surface area contributed by atoms with E-state index in [2.05, 4.69) is 20.7 Å². The highest BCUT2D eigenvalue weighted by Crippen LogP contribution is 2.22. The van der Waals surface area contributed by atoms with Crippen LogP contribution in [0, 0.1) is 6.92 Å². The summed E-state index contributed by atoms with van der Waals surface area (Å²) in [4.78, 5) is 22.5. The van der Waals surface area contributed by atoms with Crippen LogP contribution in [0.1, 0.15) is 12.5 Å². The molecule has 0 saturated carbocycles. The van der Waals surface area contributed by atoms with E-state index in [0.717, 1.165) is 5.56 Å². The van der Waals surface area contributed by atoms with Crippen LogP contribution in [0.5, 0.6) is 0 Å². The summed E-state index contributed by atoms with van der Waals surface area (Å²) < 4.78 is 5.41. The van der Waals surface area contributed by atoms with Gasteiger partial charge >= 0.3 is 0 Å². The summed E-state index contributed by atoms with van der Waals surface area (Å²) in [7, 11) is 0. The third-order valence-corrected chi connectivity index (χ3v) is 3.13. The molecule has 0 bridgehead atoms. The third kappa shape index (κ3) is 2.97. The van der Waals surface area contributed by atoms with Crippen molar-refractivity contribution < 1.29 is 9.53 Å². The molecule has 1 aromatic rings. The summed E-state index contributed by atoms with van der Waals surface area (Å²) in [6.07, 6.45) is 1.68. The molecular formula is C12H20N6O2. The Balaban J connectivity index is 2.29. The average Bonchev–Trinajstić information content (AvgIpc) is 2.48. The molecule has 8 heteroatoms. The van der Waals surface area contributed by atoms with E-state index in [-0.39, 0.29) is 11.9 Å². The minimum Gasteiger partial charge on any atom is -0.377 e. The number of aryl methyl sites for hydroxylation is 1. The van der Waals surface area contributed by atoms with Crippen molar-refractivity contribution >= 4 is 17.7 Å². The van der Waals surface area contributed by atoms with Gasteiger partial charge < -0.3 is 15.0 Å². The first-order chi connectivity index (χ1) is 9.67. The molecule has 2 heterocycles. The molecule has 0 aliphatic carbocycles. The number of carbonyl (C=O) groups excluding carboxylic acids is 1. The second-order valence-electron chi connectivity index (χ2n) is 4.52. The minimum absolute atomic E-state index is 0.0625. The van der Waals surface area contributed by atoms with Crippen molar-refractivity contribution in [2.45, 2.75) is 19.9 Å². The molecular weight excluding hydrogens is 260 g/mol. The van der Waals surface area contributed by atoms with Gasteiger partial charge in [-0.15, -0.1) is 0 Å². The molecule has 0 aromatic carbocycles. The molecule has 20 heavy (non-hydrogen) atoms. The Morgan fingerprint density at radius 3 is 3.15 bits per heavy atom. The van der Waals surface area contributed by atoms with Crippen LogP contribution in [0.15, 0.2) is 6.20 Å². The molecule has 1 amide bonds. The Bertz CT molecular complexity index is 481. The number of likely N-dealkylation sites (N-methyl/N-ethyl adjacent to an activating group) is 1. The van der Waals surface area contributed by atoms with Gasteiger partial charge in [0, 0.05) is 24.8 Å². The van der Waals surface area contributed by atoms with E-state index in [4.69, 9.17) is 10.6 Å². The number of rotatable bonds is 4. The number of anilines is 2. The lowest BCUT2D eigenvalue weighted by Crippen LogP contribution is -2.54. The zero-order valence-corrected chi connectivity index (χ0v) is 11.7. The number of morpholine rings is 1. The number of carbonyl (C=O) groups is 1. The smallest absolute Gasteiger partial charge is 0.245 e. The molecule has 1 aliphatic rings. The van der Waals surface area contributed by atoms with Crippen molar-refractivity contribution in [3.8, 4) is 0 Å². The second kappa shape index (κ2) is 6.49. The van der Waals surface area contributed by atoms with Crippen LogP contribution >= 0.6 is 0 Å². The van der Waals surface area contributed by atoms with E-state index in [9.17, 15) is 4.79 Å². The molecule has 0 radical (unpaired) electrons. The molecule has 1 saturated heterocycles. The largest absolute Gasteiger partial charge is 0.377 e. The van der Waals surface area contributed by atoms with E-state index < -0.39 is 0 Å². The van der Waals surface area contributed by atoms with Gasteiger partial charge in [0.2, 0.25) is 11.9 Å². The fourth-order valence-corrected chi connectivity index (χ4v) is 2.16. The molecule has 1 atom stereocenters. The van der Waals surface area contributed by atoms with Crippen molar-refractivity contribution in [3.63, 3.8) is 0 Å². The van der Waals surface area contributed by atoms with Crippen molar-refractivity contribution in [3.05, 3.63) is 11.8 Å². The topological polar surface area (TPSA) is 105 Å². The van der Waals surface area contributed by atoms with Gasteiger partial charge in [0.25, 0.3) is 0 Å². The fourth-order valence-electron chi connectivity index (χ4n) is 2.16.